The smallest absolute Gasteiger partial charge is 0.0426 e. The average molecular weight is 268 g/mol. The molecule has 0 heterocycles. The monoisotopic (exact) mass is 268 g/mol. The van der Waals surface area contributed by atoms with Crippen molar-refractivity contribution in [3.05, 3.63) is 64.7 Å². The maximum Gasteiger partial charge on any atom is 0.0426 e. The van der Waals surface area contributed by atoms with Gasteiger partial charge in [0.2, 0.25) is 0 Å². The number of aryl methyl sites for hydroxylation is 2. The van der Waals surface area contributed by atoms with Crippen molar-refractivity contribution in [1.29, 1.82) is 0 Å². The van der Waals surface area contributed by atoms with Crippen LogP contribution < -0.4 is 10.2 Å². The predicted octanol–water partition coefficient (Wildman–Crippen LogP) is 3.66. The van der Waals surface area contributed by atoms with Crippen LogP contribution >= 0.6 is 0 Å². The highest BCUT2D eigenvalue weighted by molar-refractivity contribution is 5.54. The molecule has 1 N–H and O–H groups in total. The topological polar surface area (TPSA) is 15.3 Å². The number of rotatable bonds is 5. The van der Waals surface area contributed by atoms with Crippen molar-refractivity contribution in [2.24, 2.45) is 0 Å². The third-order valence-corrected chi connectivity index (χ3v) is 3.52. The number of hydrogen-bond donors (Lipinski definition) is 1. The summed E-state index contributed by atoms with van der Waals surface area (Å²) >= 11 is 0. The summed E-state index contributed by atoms with van der Waals surface area (Å²) in [4.78, 5) is 2.32. The summed E-state index contributed by atoms with van der Waals surface area (Å²) in [5.41, 5.74) is 6.62. The molecule has 106 valence electrons. The van der Waals surface area contributed by atoms with Crippen LogP contribution in [0.4, 0.5) is 5.69 Å². The molecule has 0 aliphatic heterocycles. The van der Waals surface area contributed by atoms with E-state index in [0.29, 0.717) is 0 Å². The normalized spacial score (nSPS) is 10.6. The fraction of sp³-hybridized carbons (Fsp3) is 0.333. The molecule has 20 heavy (non-hydrogen) atoms. The van der Waals surface area contributed by atoms with Crippen molar-refractivity contribution in [2.45, 2.75) is 26.9 Å². The largest absolute Gasteiger partial charge is 0.370 e. The van der Waals surface area contributed by atoms with Gasteiger partial charge in [-0.1, -0.05) is 47.5 Å². The summed E-state index contributed by atoms with van der Waals surface area (Å²) in [6.45, 7) is 6.11. The summed E-state index contributed by atoms with van der Waals surface area (Å²) in [7, 11) is 4.15. The molecule has 0 radical (unpaired) electrons. The number of benzene rings is 2. The van der Waals surface area contributed by atoms with Gasteiger partial charge in [0, 0.05) is 25.8 Å². The molecule has 0 amide bonds. The van der Waals surface area contributed by atoms with Crippen LogP contribution in [0.25, 0.3) is 0 Å². The maximum absolute atomic E-state index is 3.25. The molecular formula is C18H24N2. The average Bonchev–Trinajstić information content (AvgIpc) is 2.39. The van der Waals surface area contributed by atoms with Gasteiger partial charge in [0.15, 0.2) is 0 Å². The van der Waals surface area contributed by atoms with Crippen LogP contribution in [-0.4, -0.2) is 14.1 Å². The molecule has 2 nitrogen and oxygen atoms in total. The van der Waals surface area contributed by atoms with Crippen molar-refractivity contribution < 1.29 is 0 Å². The molecule has 0 aliphatic carbocycles. The number of nitrogens with zero attached hydrogens (tertiary/aromatic N) is 1. The van der Waals surface area contributed by atoms with Gasteiger partial charge in [0.1, 0.15) is 0 Å². The lowest BCUT2D eigenvalue weighted by Crippen LogP contribution is -2.19. The lowest BCUT2D eigenvalue weighted by Gasteiger charge is -2.23. The molecule has 2 aromatic rings. The van der Waals surface area contributed by atoms with Crippen molar-refractivity contribution in [1.82, 2.24) is 5.32 Å². The standard InChI is InChI=1S/C18H24N2/c1-14-6-5-7-16(10-14)13-20(4)18-9-8-15(2)11-17(18)12-19-3/h5-11,19H,12-13H2,1-4H3. The first-order chi connectivity index (χ1) is 9.60. The molecule has 0 aromatic heterocycles. The highest BCUT2D eigenvalue weighted by Crippen LogP contribution is 2.22. The number of hydrogen-bond acceptors (Lipinski definition) is 2. The highest BCUT2D eigenvalue weighted by atomic mass is 15.1. The third kappa shape index (κ3) is 3.61. The predicted molar refractivity (Wildman–Crippen MR) is 87.2 cm³/mol. The second-order valence-electron chi connectivity index (χ2n) is 5.51. The molecule has 2 heteroatoms. The van der Waals surface area contributed by atoms with Gasteiger partial charge in [0.05, 0.1) is 0 Å². The quantitative estimate of drug-likeness (QED) is 0.890. The van der Waals surface area contributed by atoms with E-state index in [1.165, 1.54) is 27.9 Å². The van der Waals surface area contributed by atoms with E-state index in [4.69, 9.17) is 0 Å². The highest BCUT2D eigenvalue weighted by Gasteiger charge is 2.08. The second-order valence-corrected chi connectivity index (χ2v) is 5.51. The van der Waals surface area contributed by atoms with E-state index in [0.717, 1.165) is 13.1 Å². The Bertz CT molecular complexity index is 575. The van der Waals surface area contributed by atoms with Gasteiger partial charge in [-0.15, -0.1) is 0 Å². The van der Waals surface area contributed by atoms with E-state index < -0.39 is 0 Å². The van der Waals surface area contributed by atoms with E-state index in [1.54, 1.807) is 0 Å². The molecule has 0 fully saturated rings. The van der Waals surface area contributed by atoms with E-state index >= 15 is 0 Å². The summed E-state index contributed by atoms with van der Waals surface area (Å²) < 4.78 is 0. The SMILES string of the molecule is CNCc1cc(C)ccc1N(C)Cc1cccc(C)c1. The minimum absolute atomic E-state index is 0.898. The molecule has 2 rings (SSSR count). The Hall–Kier alpha value is -1.80. The minimum atomic E-state index is 0.898. The minimum Gasteiger partial charge on any atom is -0.370 e. The summed E-state index contributed by atoms with van der Waals surface area (Å²) in [6.07, 6.45) is 0. The molecule has 2 aromatic carbocycles. The third-order valence-electron chi connectivity index (χ3n) is 3.52. The van der Waals surface area contributed by atoms with Crippen molar-refractivity contribution in [3.8, 4) is 0 Å². The molecule has 0 atom stereocenters. The Labute approximate surface area is 122 Å². The Morgan fingerprint density at radius 2 is 1.75 bits per heavy atom. The van der Waals surface area contributed by atoms with E-state index in [1.807, 2.05) is 7.05 Å². The first kappa shape index (κ1) is 14.6. The lowest BCUT2D eigenvalue weighted by atomic mass is 10.1. The maximum atomic E-state index is 3.25. The van der Waals surface area contributed by atoms with E-state index in [-0.39, 0.29) is 0 Å². The molecule has 0 bridgehead atoms. The van der Waals surface area contributed by atoms with Gasteiger partial charge in [0.25, 0.3) is 0 Å². The molecule has 0 saturated heterocycles. The van der Waals surface area contributed by atoms with Gasteiger partial charge in [-0.05, 0) is 38.1 Å². The first-order valence-electron chi connectivity index (χ1n) is 7.11. The van der Waals surface area contributed by atoms with Gasteiger partial charge in [-0.25, -0.2) is 0 Å². The summed E-state index contributed by atoms with van der Waals surface area (Å²) in [5, 5.41) is 3.25. The zero-order valence-electron chi connectivity index (χ0n) is 12.9. The zero-order valence-corrected chi connectivity index (χ0v) is 12.9. The molecule has 0 aliphatic rings. The van der Waals surface area contributed by atoms with Crippen molar-refractivity contribution >= 4 is 5.69 Å². The summed E-state index contributed by atoms with van der Waals surface area (Å²) in [6, 6.07) is 15.4. The first-order valence-corrected chi connectivity index (χ1v) is 7.11. The Kier molecular flexibility index (Phi) is 4.80. The van der Waals surface area contributed by atoms with Crippen LogP contribution in [0.15, 0.2) is 42.5 Å². The van der Waals surface area contributed by atoms with Crippen LogP contribution in [0.1, 0.15) is 22.3 Å². The molecular weight excluding hydrogens is 244 g/mol. The fourth-order valence-electron chi connectivity index (χ4n) is 2.59. The Morgan fingerprint density at radius 1 is 1.00 bits per heavy atom. The number of anilines is 1. The summed E-state index contributed by atoms with van der Waals surface area (Å²) in [5.74, 6) is 0. The lowest BCUT2D eigenvalue weighted by molar-refractivity contribution is 0.804. The number of nitrogens with one attached hydrogen (secondary N) is 1. The van der Waals surface area contributed by atoms with Gasteiger partial charge >= 0.3 is 0 Å². The molecule has 0 spiro atoms. The van der Waals surface area contributed by atoms with E-state index in [9.17, 15) is 0 Å². The van der Waals surface area contributed by atoms with Crippen LogP contribution in [0.5, 0.6) is 0 Å². The van der Waals surface area contributed by atoms with E-state index in [2.05, 4.69) is 73.6 Å². The zero-order chi connectivity index (χ0) is 14.5. The van der Waals surface area contributed by atoms with Gasteiger partial charge < -0.3 is 10.2 Å². The van der Waals surface area contributed by atoms with Crippen LogP contribution in [0.3, 0.4) is 0 Å². The molecule has 0 saturated carbocycles. The second kappa shape index (κ2) is 6.58. The van der Waals surface area contributed by atoms with Gasteiger partial charge in [-0.3, -0.25) is 0 Å². The van der Waals surface area contributed by atoms with Crippen LogP contribution in [-0.2, 0) is 13.1 Å². The fourth-order valence-corrected chi connectivity index (χ4v) is 2.59. The van der Waals surface area contributed by atoms with Crippen LogP contribution in [0.2, 0.25) is 0 Å². The van der Waals surface area contributed by atoms with Gasteiger partial charge in [-0.2, -0.15) is 0 Å². The van der Waals surface area contributed by atoms with Crippen molar-refractivity contribution in [2.75, 3.05) is 19.0 Å². The Balaban J connectivity index is 2.22. The van der Waals surface area contributed by atoms with Crippen LogP contribution in [0, 0.1) is 13.8 Å². The Morgan fingerprint density at radius 3 is 2.45 bits per heavy atom. The molecule has 0 unspecified atom stereocenters. The van der Waals surface area contributed by atoms with Crippen molar-refractivity contribution in [3.63, 3.8) is 0 Å².